The average molecular weight is 437 g/mol. The van der Waals surface area contributed by atoms with E-state index in [0.717, 1.165) is 16.8 Å². The first-order chi connectivity index (χ1) is 14.5. The number of halogens is 3. The van der Waals surface area contributed by atoms with Crippen LogP contribution < -0.4 is 10.1 Å². The number of amides is 1. The van der Waals surface area contributed by atoms with Crippen LogP contribution in [0.5, 0.6) is 5.75 Å². The molecule has 3 aromatic rings. The van der Waals surface area contributed by atoms with Gasteiger partial charge in [0.15, 0.2) is 6.73 Å². The number of ether oxygens (including phenoxy) is 1. The summed E-state index contributed by atoms with van der Waals surface area (Å²) in [4.78, 5) is 23.2. The predicted octanol–water partition coefficient (Wildman–Crippen LogP) is 3.09. The van der Waals surface area contributed by atoms with E-state index in [4.69, 9.17) is 9.84 Å². The third-order valence-corrected chi connectivity index (χ3v) is 4.33. The minimum Gasteiger partial charge on any atom is -0.480 e. The largest absolute Gasteiger partial charge is 0.480 e. The highest BCUT2D eigenvalue weighted by molar-refractivity contribution is 6.04. The van der Waals surface area contributed by atoms with Crippen molar-refractivity contribution in [3.63, 3.8) is 0 Å². The van der Waals surface area contributed by atoms with Crippen LogP contribution in [-0.4, -0.2) is 36.5 Å². The lowest BCUT2D eigenvalue weighted by Crippen LogP contribution is -2.14. The molecule has 0 radical (unpaired) electrons. The minimum absolute atomic E-state index is 0.0267. The van der Waals surface area contributed by atoms with Gasteiger partial charge in [-0.3, -0.25) is 14.3 Å². The zero-order valence-electron chi connectivity index (χ0n) is 16.5. The van der Waals surface area contributed by atoms with E-state index in [0.29, 0.717) is 17.1 Å². The molecular weight excluding hydrogens is 419 g/mol. The number of carboxylic acids is 1. The van der Waals surface area contributed by atoms with Crippen molar-refractivity contribution in [2.24, 2.45) is 0 Å². The monoisotopic (exact) mass is 437 g/mol. The van der Waals surface area contributed by atoms with E-state index in [2.05, 4.69) is 15.5 Å². The smallest absolute Gasteiger partial charge is 0.416 e. The molecule has 2 heterocycles. The molecule has 0 fully saturated rings. The van der Waals surface area contributed by atoms with Crippen LogP contribution in [-0.2, 0) is 24.2 Å². The summed E-state index contributed by atoms with van der Waals surface area (Å²) in [6, 6.07) is 4.49. The Bertz CT molecular complexity index is 1120. The first kappa shape index (κ1) is 21.9. The van der Waals surface area contributed by atoms with E-state index in [-0.39, 0.29) is 24.6 Å². The summed E-state index contributed by atoms with van der Waals surface area (Å²) in [5, 5.41) is 19.5. The lowest BCUT2D eigenvalue weighted by molar-refractivity contribution is -0.138. The van der Waals surface area contributed by atoms with E-state index in [9.17, 15) is 22.8 Å². The molecular formula is C19H18F3N5O4. The van der Waals surface area contributed by atoms with Crippen molar-refractivity contribution in [1.29, 1.82) is 0 Å². The minimum atomic E-state index is -4.48. The maximum absolute atomic E-state index is 12.8. The van der Waals surface area contributed by atoms with Gasteiger partial charge in [-0.25, -0.2) is 4.68 Å². The predicted molar refractivity (Wildman–Crippen MR) is 102 cm³/mol. The first-order valence-corrected chi connectivity index (χ1v) is 8.94. The number of carbonyl (C=O) groups is 2. The van der Waals surface area contributed by atoms with Crippen LogP contribution in [0.3, 0.4) is 0 Å². The van der Waals surface area contributed by atoms with Crippen LogP contribution in [0.15, 0.2) is 36.7 Å². The molecule has 0 saturated carbocycles. The number of aryl methyl sites for hydroxylation is 1. The van der Waals surface area contributed by atoms with E-state index in [1.807, 2.05) is 0 Å². The van der Waals surface area contributed by atoms with E-state index in [1.165, 1.54) is 29.2 Å². The van der Waals surface area contributed by atoms with Crippen molar-refractivity contribution in [3.05, 3.63) is 59.2 Å². The summed E-state index contributed by atoms with van der Waals surface area (Å²) < 4.78 is 46.4. The van der Waals surface area contributed by atoms with E-state index >= 15 is 0 Å². The van der Waals surface area contributed by atoms with Crippen LogP contribution in [0.4, 0.5) is 18.9 Å². The van der Waals surface area contributed by atoms with Crippen molar-refractivity contribution >= 4 is 17.6 Å². The number of carbonyl (C=O) groups excluding carboxylic acids is 1. The second-order valence-corrected chi connectivity index (χ2v) is 6.62. The summed E-state index contributed by atoms with van der Waals surface area (Å²) in [6.07, 6.45) is -1.94. The molecule has 0 aliphatic carbocycles. The Morgan fingerprint density at radius 2 is 2.00 bits per heavy atom. The summed E-state index contributed by atoms with van der Waals surface area (Å²) in [6.45, 7) is 2.77. The van der Waals surface area contributed by atoms with Gasteiger partial charge in [0, 0.05) is 6.20 Å². The standard InChI is InChI=1S/C19H18F3N5O4/c1-11-17(24-18(30)13-7-23-26(8-13)9-16(28)29)12(2)27(25-11)10-31-15-5-3-4-14(6-15)19(20,21)22/h3-8H,9-10H2,1-2H3,(H,24,30)(H,28,29). The van der Waals surface area contributed by atoms with Crippen LogP contribution in [0.25, 0.3) is 0 Å². The molecule has 0 aliphatic rings. The number of nitrogens with zero attached hydrogens (tertiary/aromatic N) is 4. The van der Waals surface area contributed by atoms with Gasteiger partial charge in [-0.15, -0.1) is 0 Å². The molecule has 1 aromatic carbocycles. The Kier molecular flexibility index (Phi) is 5.99. The summed E-state index contributed by atoms with van der Waals surface area (Å²) in [7, 11) is 0. The van der Waals surface area contributed by atoms with Gasteiger partial charge in [-0.05, 0) is 32.0 Å². The van der Waals surface area contributed by atoms with Crippen molar-refractivity contribution in [2.45, 2.75) is 33.3 Å². The van der Waals surface area contributed by atoms with Gasteiger partial charge in [-0.1, -0.05) is 6.07 Å². The number of rotatable bonds is 7. The SMILES string of the molecule is Cc1nn(COc2cccc(C(F)(F)F)c2)c(C)c1NC(=O)c1cnn(CC(=O)O)c1. The molecule has 12 heteroatoms. The number of aliphatic carboxylic acids is 1. The third-order valence-electron chi connectivity index (χ3n) is 4.33. The maximum atomic E-state index is 12.8. The average Bonchev–Trinajstić information content (AvgIpc) is 3.25. The molecule has 0 saturated heterocycles. The molecule has 3 rings (SSSR count). The number of hydrogen-bond donors (Lipinski definition) is 2. The Hall–Kier alpha value is -3.83. The number of benzene rings is 1. The Labute approximate surface area is 174 Å². The van der Waals surface area contributed by atoms with Crippen molar-refractivity contribution in [1.82, 2.24) is 19.6 Å². The van der Waals surface area contributed by atoms with Crippen molar-refractivity contribution in [2.75, 3.05) is 5.32 Å². The zero-order valence-corrected chi connectivity index (χ0v) is 16.5. The van der Waals surface area contributed by atoms with Gasteiger partial charge in [0.1, 0.15) is 12.3 Å². The third kappa shape index (κ3) is 5.21. The Morgan fingerprint density at radius 3 is 2.68 bits per heavy atom. The number of hydrogen-bond acceptors (Lipinski definition) is 5. The topological polar surface area (TPSA) is 111 Å². The van der Waals surface area contributed by atoms with Gasteiger partial charge in [0.25, 0.3) is 5.91 Å². The van der Waals surface area contributed by atoms with Crippen molar-refractivity contribution in [3.8, 4) is 5.75 Å². The van der Waals surface area contributed by atoms with Crippen LogP contribution in [0.1, 0.15) is 27.3 Å². The molecule has 0 atom stereocenters. The molecule has 0 spiro atoms. The van der Waals surface area contributed by atoms with Crippen LogP contribution >= 0.6 is 0 Å². The van der Waals surface area contributed by atoms with E-state index < -0.39 is 23.6 Å². The summed E-state index contributed by atoms with van der Waals surface area (Å²) >= 11 is 0. The van der Waals surface area contributed by atoms with Crippen LogP contribution in [0, 0.1) is 13.8 Å². The second kappa shape index (κ2) is 8.50. The molecule has 31 heavy (non-hydrogen) atoms. The molecule has 2 N–H and O–H groups in total. The fourth-order valence-corrected chi connectivity index (χ4v) is 2.79. The molecule has 1 amide bonds. The molecule has 0 aliphatic heterocycles. The number of anilines is 1. The first-order valence-electron chi connectivity index (χ1n) is 8.94. The fraction of sp³-hybridized carbons (Fsp3) is 0.263. The number of alkyl halides is 3. The number of carboxylic acid groups (broad SMARTS) is 1. The Balaban J connectivity index is 1.70. The number of aromatic nitrogens is 4. The van der Waals surface area contributed by atoms with Gasteiger partial charge in [-0.2, -0.15) is 23.4 Å². The highest BCUT2D eigenvalue weighted by atomic mass is 19.4. The Morgan fingerprint density at radius 1 is 1.26 bits per heavy atom. The molecule has 9 nitrogen and oxygen atoms in total. The molecule has 164 valence electrons. The lowest BCUT2D eigenvalue weighted by Gasteiger charge is -2.11. The molecule has 0 bridgehead atoms. The van der Waals surface area contributed by atoms with Gasteiger partial charge in [0.05, 0.1) is 34.4 Å². The normalized spacial score (nSPS) is 11.4. The summed E-state index contributed by atoms with van der Waals surface area (Å²) in [5.74, 6) is -1.58. The maximum Gasteiger partial charge on any atom is 0.416 e. The van der Waals surface area contributed by atoms with Crippen LogP contribution in [0.2, 0.25) is 0 Å². The van der Waals surface area contributed by atoms with Gasteiger partial charge < -0.3 is 15.2 Å². The number of nitrogens with one attached hydrogen (secondary N) is 1. The second-order valence-electron chi connectivity index (χ2n) is 6.62. The van der Waals surface area contributed by atoms with Gasteiger partial charge in [0.2, 0.25) is 0 Å². The van der Waals surface area contributed by atoms with Gasteiger partial charge >= 0.3 is 12.1 Å². The van der Waals surface area contributed by atoms with E-state index in [1.54, 1.807) is 13.8 Å². The zero-order chi connectivity index (χ0) is 22.8. The highest BCUT2D eigenvalue weighted by Crippen LogP contribution is 2.31. The highest BCUT2D eigenvalue weighted by Gasteiger charge is 2.30. The van der Waals surface area contributed by atoms with Crippen molar-refractivity contribution < 1.29 is 32.6 Å². The molecule has 0 unspecified atom stereocenters. The quantitative estimate of drug-likeness (QED) is 0.588. The molecule has 2 aromatic heterocycles. The fourth-order valence-electron chi connectivity index (χ4n) is 2.79. The summed E-state index contributed by atoms with van der Waals surface area (Å²) in [5.41, 5.74) is 0.735. The lowest BCUT2D eigenvalue weighted by atomic mass is 10.2.